The van der Waals surface area contributed by atoms with Crippen molar-refractivity contribution in [3.8, 4) is 5.75 Å². The van der Waals surface area contributed by atoms with Crippen molar-refractivity contribution in [2.75, 3.05) is 40.0 Å². The molecule has 4 rings (SSSR count). The molecule has 0 bridgehead atoms. The zero-order valence-electron chi connectivity index (χ0n) is 18.1. The largest absolute Gasteiger partial charge is 0.496 e. The first-order chi connectivity index (χ1) is 15.1. The van der Waals surface area contributed by atoms with E-state index >= 15 is 0 Å². The van der Waals surface area contributed by atoms with E-state index in [0.717, 1.165) is 18.7 Å². The van der Waals surface area contributed by atoms with E-state index in [2.05, 4.69) is 4.90 Å². The molecule has 0 aliphatic carbocycles. The Morgan fingerprint density at radius 1 is 0.969 bits per heavy atom. The Bertz CT molecular complexity index is 980. The number of ether oxygens (including phenoxy) is 2. The second kappa shape index (κ2) is 10.9. The van der Waals surface area contributed by atoms with E-state index in [1.165, 1.54) is 12.1 Å². The van der Waals surface area contributed by atoms with E-state index in [1.807, 2.05) is 54.6 Å². The minimum absolute atomic E-state index is 0. The van der Waals surface area contributed by atoms with Gasteiger partial charge in [0.2, 0.25) is 0 Å². The number of benzene rings is 3. The third-order valence-electron chi connectivity index (χ3n) is 6.05. The number of aliphatic hydroxyl groups is 1. The number of para-hydroxylation sites is 1. The molecule has 3 aromatic carbocycles. The Labute approximate surface area is 195 Å². The molecule has 170 valence electrons. The van der Waals surface area contributed by atoms with Gasteiger partial charge in [-0.05, 0) is 29.3 Å². The topological polar surface area (TPSA) is 41.9 Å². The Hall–Kier alpha value is -2.44. The minimum atomic E-state index is -1.43. The first-order valence-corrected chi connectivity index (χ1v) is 10.6. The van der Waals surface area contributed by atoms with Crippen LogP contribution in [0.15, 0.2) is 78.9 Å². The van der Waals surface area contributed by atoms with Crippen LogP contribution in [0.5, 0.6) is 5.75 Å². The molecule has 1 fully saturated rings. The maximum absolute atomic E-state index is 13.8. The maximum Gasteiger partial charge on any atom is 0.126 e. The Morgan fingerprint density at radius 3 is 2.25 bits per heavy atom. The summed E-state index contributed by atoms with van der Waals surface area (Å²) in [6.45, 7) is 3.57. The summed E-state index contributed by atoms with van der Waals surface area (Å²) in [5, 5.41) is 12.5. The van der Waals surface area contributed by atoms with Gasteiger partial charge in [0.1, 0.15) is 17.2 Å². The molecule has 0 amide bonds. The predicted octanol–water partition coefficient (Wildman–Crippen LogP) is 4.61. The molecule has 1 N–H and O–H groups in total. The molecule has 6 heteroatoms. The second-order valence-corrected chi connectivity index (χ2v) is 7.85. The molecule has 1 aliphatic rings. The lowest BCUT2D eigenvalue weighted by Gasteiger charge is -2.41. The number of rotatable bonds is 7. The summed E-state index contributed by atoms with van der Waals surface area (Å²) < 4.78 is 25.0. The van der Waals surface area contributed by atoms with Crippen LogP contribution in [0.1, 0.15) is 22.6 Å². The molecule has 1 heterocycles. The van der Waals surface area contributed by atoms with E-state index in [9.17, 15) is 9.50 Å². The van der Waals surface area contributed by atoms with Crippen LogP contribution in [0.4, 0.5) is 4.39 Å². The minimum Gasteiger partial charge on any atom is -0.496 e. The summed E-state index contributed by atoms with van der Waals surface area (Å²) in [6, 6.07) is 23.6. The highest BCUT2D eigenvalue weighted by Gasteiger charge is 2.44. The van der Waals surface area contributed by atoms with Crippen molar-refractivity contribution in [2.24, 2.45) is 0 Å². The number of methoxy groups -OCH3 is 1. The summed E-state index contributed by atoms with van der Waals surface area (Å²) in [5.41, 5.74) is 0.860. The molecule has 2 unspecified atom stereocenters. The highest BCUT2D eigenvalue weighted by atomic mass is 35.5. The summed E-state index contributed by atoms with van der Waals surface area (Å²) >= 11 is 0. The summed E-state index contributed by atoms with van der Waals surface area (Å²) in [5.74, 6) is -0.0543. The van der Waals surface area contributed by atoms with Crippen molar-refractivity contribution in [3.05, 3.63) is 101 Å². The van der Waals surface area contributed by atoms with Gasteiger partial charge in [0.25, 0.3) is 0 Å². The summed E-state index contributed by atoms with van der Waals surface area (Å²) in [7, 11) is 1.60. The number of hydrogen-bond acceptors (Lipinski definition) is 4. The van der Waals surface area contributed by atoms with Crippen molar-refractivity contribution >= 4 is 12.4 Å². The molecule has 0 aromatic heterocycles. The van der Waals surface area contributed by atoms with Crippen molar-refractivity contribution in [1.82, 2.24) is 4.90 Å². The molecule has 32 heavy (non-hydrogen) atoms. The van der Waals surface area contributed by atoms with Crippen LogP contribution in [0.3, 0.4) is 0 Å². The highest BCUT2D eigenvalue weighted by Crippen LogP contribution is 2.46. The van der Waals surface area contributed by atoms with Crippen LogP contribution in [-0.2, 0) is 10.3 Å². The van der Waals surface area contributed by atoms with E-state index < -0.39 is 5.60 Å². The lowest BCUT2D eigenvalue weighted by atomic mass is 9.72. The quantitative estimate of drug-likeness (QED) is 0.562. The molecule has 0 radical (unpaired) electrons. The molecule has 2 atom stereocenters. The van der Waals surface area contributed by atoms with Crippen LogP contribution in [-0.4, -0.2) is 50.0 Å². The zero-order chi connectivity index (χ0) is 21.7. The first kappa shape index (κ1) is 24.2. The standard InChI is InChI=1S/C26H28FNO3.ClH/c1-30-25-10-6-5-9-23(25)26(29,21-11-13-22(27)14-12-21)24(20-7-3-2-4-8-20)19-28-15-17-31-18-16-28;/h2-14,24,29H,15-19H2,1H3;1H. The fourth-order valence-corrected chi connectivity index (χ4v) is 4.41. The fourth-order valence-electron chi connectivity index (χ4n) is 4.41. The van der Waals surface area contributed by atoms with Gasteiger partial charge in [0.15, 0.2) is 0 Å². The molecular weight excluding hydrogens is 429 g/mol. The number of hydrogen-bond donors (Lipinski definition) is 1. The molecule has 4 nitrogen and oxygen atoms in total. The van der Waals surface area contributed by atoms with Gasteiger partial charge in [-0.25, -0.2) is 4.39 Å². The van der Waals surface area contributed by atoms with Crippen molar-refractivity contribution < 1.29 is 19.0 Å². The molecule has 0 spiro atoms. The Morgan fingerprint density at radius 2 is 1.59 bits per heavy atom. The summed E-state index contributed by atoms with van der Waals surface area (Å²) in [6.07, 6.45) is 0. The lowest BCUT2D eigenvalue weighted by Crippen LogP contribution is -2.45. The van der Waals surface area contributed by atoms with Gasteiger partial charge in [0.05, 0.1) is 20.3 Å². The van der Waals surface area contributed by atoms with Gasteiger partial charge in [-0.1, -0.05) is 60.7 Å². The SMILES string of the molecule is COc1ccccc1C(O)(c1ccc(F)cc1)C(CN1CCOCC1)c1ccccc1.Cl. The highest BCUT2D eigenvalue weighted by molar-refractivity contribution is 5.85. The van der Waals surface area contributed by atoms with Gasteiger partial charge in [-0.3, -0.25) is 4.90 Å². The van der Waals surface area contributed by atoms with Gasteiger partial charge >= 0.3 is 0 Å². The molecule has 1 saturated heterocycles. The van der Waals surface area contributed by atoms with E-state index in [4.69, 9.17) is 9.47 Å². The predicted molar refractivity (Wildman–Crippen MR) is 126 cm³/mol. The first-order valence-electron chi connectivity index (χ1n) is 10.6. The van der Waals surface area contributed by atoms with E-state index in [0.29, 0.717) is 36.6 Å². The van der Waals surface area contributed by atoms with E-state index in [-0.39, 0.29) is 24.1 Å². The van der Waals surface area contributed by atoms with Gasteiger partial charge < -0.3 is 14.6 Å². The fraction of sp³-hybridized carbons (Fsp3) is 0.308. The maximum atomic E-state index is 13.8. The monoisotopic (exact) mass is 457 g/mol. The van der Waals surface area contributed by atoms with Crippen LogP contribution >= 0.6 is 12.4 Å². The van der Waals surface area contributed by atoms with E-state index in [1.54, 1.807) is 19.2 Å². The molecule has 1 aliphatic heterocycles. The lowest BCUT2D eigenvalue weighted by molar-refractivity contribution is -0.000159. The average Bonchev–Trinajstić information content (AvgIpc) is 2.83. The normalized spacial score (nSPS) is 17.1. The molecule has 3 aromatic rings. The molecular formula is C26H29ClFNO3. The van der Waals surface area contributed by atoms with Crippen LogP contribution in [0, 0.1) is 5.82 Å². The smallest absolute Gasteiger partial charge is 0.126 e. The third-order valence-corrected chi connectivity index (χ3v) is 6.05. The Balaban J connectivity index is 0.00000289. The van der Waals surface area contributed by atoms with Crippen LogP contribution < -0.4 is 4.74 Å². The zero-order valence-corrected chi connectivity index (χ0v) is 18.9. The van der Waals surface area contributed by atoms with Crippen molar-refractivity contribution in [2.45, 2.75) is 11.5 Å². The van der Waals surface area contributed by atoms with Crippen molar-refractivity contribution in [3.63, 3.8) is 0 Å². The number of nitrogens with zero attached hydrogens (tertiary/aromatic N) is 1. The molecule has 0 saturated carbocycles. The summed E-state index contributed by atoms with van der Waals surface area (Å²) in [4.78, 5) is 2.31. The van der Waals surface area contributed by atoms with Gasteiger partial charge in [0, 0.05) is 31.1 Å². The second-order valence-electron chi connectivity index (χ2n) is 7.85. The van der Waals surface area contributed by atoms with Gasteiger partial charge in [-0.15, -0.1) is 12.4 Å². The van der Waals surface area contributed by atoms with Crippen LogP contribution in [0.25, 0.3) is 0 Å². The van der Waals surface area contributed by atoms with Gasteiger partial charge in [-0.2, -0.15) is 0 Å². The van der Waals surface area contributed by atoms with Crippen LogP contribution in [0.2, 0.25) is 0 Å². The Kier molecular flexibility index (Phi) is 8.26. The number of morpholine rings is 1. The average molecular weight is 458 g/mol. The number of halogens is 2. The third kappa shape index (κ3) is 4.97. The van der Waals surface area contributed by atoms with Crippen molar-refractivity contribution in [1.29, 1.82) is 0 Å².